The largest absolute Gasteiger partial charge is 0.481 e. The second kappa shape index (κ2) is 7.22. The Balaban J connectivity index is 1.66. The minimum absolute atomic E-state index is 0.0407. The average molecular weight is 471 g/mol. The minimum atomic E-state index is -0.723. The number of rotatable bonds is 1. The first-order valence-corrected chi connectivity index (χ1v) is 13.7. The monoisotopic (exact) mass is 470 g/mol. The molecule has 0 radical (unpaired) electrons. The molecule has 190 valence electrons. The number of aliphatic hydroxyl groups is 2. The summed E-state index contributed by atoms with van der Waals surface area (Å²) in [6.45, 7) is 16.0. The number of carboxylic acid groups (broad SMARTS) is 1. The van der Waals surface area contributed by atoms with Crippen molar-refractivity contribution in [3.05, 3.63) is 22.8 Å². The maximum atomic E-state index is 12.8. The number of aliphatic hydroxyl groups excluding tert-OH is 2. The lowest BCUT2D eigenvalue weighted by Crippen LogP contribution is -2.66. The van der Waals surface area contributed by atoms with Crippen LogP contribution in [0.25, 0.3) is 0 Å². The highest BCUT2D eigenvalue weighted by Crippen LogP contribution is 2.75. The summed E-state index contributed by atoms with van der Waals surface area (Å²) in [5.74, 6) is 0.576. The molecule has 0 aliphatic heterocycles. The van der Waals surface area contributed by atoms with Gasteiger partial charge in [0, 0.05) is 0 Å². The Hall–Kier alpha value is -1.13. The van der Waals surface area contributed by atoms with E-state index in [4.69, 9.17) is 0 Å². The van der Waals surface area contributed by atoms with Crippen molar-refractivity contribution in [3.8, 4) is 0 Å². The lowest BCUT2D eigenvalue weighted by molar-refractivity contribution is -0.227. The van der Waals surface area contributed by atoms with Gasteiger partial charge < -0.3 is 15.3 Å². The van der Waals surface area contributed by atoms with Gasteiger partial charge >= 0.3 is 5.97 Å². The Morgan fingerprint density at radius 3 is 2.29 bits per heavy atom. The second-order valence-electron chi connectivity index (χ2n) is 14.2. The number of hydrogen-bond donors (Lipinski definition) is 3. The maximum absolute atomic E-state index is 12.8. The third kappa shape index (κ3) is 2.71. The number of carbonyl (C=O) groups is 1. The van der Waals surface area contributed by atoms with E-state index in [0.29, 0.717) is 24.2 Å². The van der Waals surface area contributed by atoms with Gasteiger partial charge in [-0.2, -0.15) is 0 Å². The average Bonchev–Trinajstić information content (AvgIpc) is 2.75. The van der Waals surface area contributed by atoms with Crippen LogP contribution in [0.15, 0.2) is 22.8 Å². The molecule has 0 saturated heterocycles. The SMILES string of the molecule is CC1=C2C3=CC[C@@H]4[C@@]5(C)C[C@@H](O)[C@H](O)C(C)(C)[C@H]5CC[C@@]4(C)[C@]3(C)CC[C@@]2(C(=O)O)CC[C@H]1C. The predicted octanol–water partition coefficient (Wildman–Crippen LogP) is 6.12. The van der Waals surface area contributed by atoms with Gasteiger partial charge in [-0.1, -0.05) is 53.2 Å². The number of fused-ring (bicyclic) bond motifs is 7. The summed E-state index contributed by atoms with van der Waals surface area (Å²) in [5.41, 5.74) is 2.68. The molecule has 0 aromatic carbocycles. The highest BCUT2D eigenvalue weighted by atomic mass is 16.4. The summed E-state index contributed by atoms with van der Waals surface area (Å²) in [5, 5.41) is 32.4. The van der Waals surface area contributed by atoms with Crippen LogP contribution >= 0.6 is 0 Å². The summed E-state index contributed by atoms with van der Waals surface area (Å²) >= 11 is 0. The van der Waals surface area contributed by atoms with Crippen molar-refractivity contribution >= 4 is 5.97 Å². The molecule has 0 aromatic rings. The van der Waals surface area contributed by atoms with Gasteiger partial charge in [-0.05, 0) is 109 Å². The molecule has 3 fully saturated rings. The van der Waals surface area contributed by atoms with Crippen LogP contribution in [0.2, 0.25) is 0 Å². The molecule has 34 heavy (non-hydrogen) atoms. The molecule has 3 N–H and O–H groups in total. The first kappa shape index (κ1) is 24.6. The molecule has 5 aliphatic rings. The third-order valence-corrected chi connectivity index (χ3v) is 12.7. The lowest BCUT2D eigenvalue weighted by Gasteiger charge is -2.70. The van der Waals surface area contributed by atoms with Gasteiger partial charge in [0.2, 0.25) is 0 Å². The standard InChI is InChI=1S/C30H46O4/c1-17-10-13-30(25(33)34)15-14-28(6)19(23(30)18(17)2)8-9-22-27(5)16-20(31)24(32)26(3,4)21(27)11-12-29(22,28)7/h8,17,20-22,24,31-32H,9-16H2,1-7H3,(H,33,34)/t17-,20-,21-,22-,24+,27+,28-,29-,30+/m1/s1. The summed E-state index contributed by atoms with van der Waals surface area (Å²) < 4.78 is 0. The summed E-state index contributed by atoms with van der Waals surface area (Å²) in [6.07, 6.45) is 8.16. The Morgan fingerprint density at radius 1 is 0.971 bits per heavy atom. The van der Waals surface area contributed by atoms with Gasteiger partial charge in [0.1, 0.15) is 0 Å². The molecule has 5 aliphatic carbocycles. The fourth-order valence-electron chi connectivity index (χ4n) is 10.4. The second-order valence-corrected chi connectivity index (χ2v) is 14.2. The number of hydrogen-bond acceptors (Lipinski definition) is 3. The Kier molecular flexibility index (Phi) is 5.21. The van der Waals surface area contributed by atoms with Crippen LogP contribution < -0.4 is 0 Å². The zero-order valence-corrected chi connectivity index (χ0v) is 22.4. The van der Waals surface area contributed by atoms with Crippen molar-refractivity contribution in [2.75, 3.05) is 0 Å². The van der Waals surface area contributed by atoms with Crippen LogP contribution in [0.5, 0.6) is 0 Å². The molecule has 9 atom stereocenters. The Morgan fingerprint density at radius 2 is 1.65 bits per heavy atom. The molecule has 0 aromatic heterocycles. The van der Waals surface area contributed by atoms with Gasteiger partial charge in [0.15, 0.2) is 0 Å². The first-order chi connectivity index (χ1) is 15.7. The molecule has 0 heterocycles. The highest BCUT2D eigenvalue weighted by Gasteiger charge is 2.69. The quantitative estimate of drug-likeness (QED) is 0.431. The Labute approximate surface area is 205 Å². The molecule has 5 rings (SSSR count). The normalized spacial score (nSPS) is 52.0. The van der Waals surface area contributed by atoms with Crippen LogP contribution in [0.1, 0.15) is 99.8 Å². The van der Waals surface area contributed by atoms with E-state index in [1.165, 1.54) is 16.7 Å². The zero-order chi connectivity index (χ0) is 25.1. The number of carboxylic acids is 1. The minimum Gasteiger partial charge on any atom is -0.481 e. The van der Waals surface area contributed by atoms with Gasteiger partial charge in [0.05, 0.1) is 17.6 Å². The maximum Gasteiger partial charge on any atom is 0.314 e. The first-order valence-electron chi connectivity index (χ1n) is 13.7. The van der Waals surface area contributed by atoms with Gasteiger partial charge in [-0.3, -0.25) is 4.79 Å². The summed E-state index contributed by atoms with van der Waals surface area (Å²) in [4.78, 5) is 12.8. The zero-order valence-electron chi connectivity index (χ0n) is 22.4. The van der Waals surface area contributed by atoms with Gasteiger partial charge in [-0.15, -0.1) is 0 Å². The Bertz CT molecular complexity index is 976. The smallest absolute Gasteiger partial charge is 0.314 e. The van der Waals surface area contributed by atoms with E-state index in [2.05, 4.69) is 54.5 Å². The lowest BCUT2D eigenvalue weighted by atomic mass is 9.34. The number of allylic oxidation sites excluding steroid dienone is 3. The molecular formula is C30H46O4. The van der Waals surface area contributed by atoms with Crippen molar-refractivity contribution in [1.82, 2.24) is 0 Å². The summed E-state index contributed by atoms with van der Waals surface area (Å²) in [6, 6.07) is 0. The van der Waals surface area contributed by atoms with E-state index in [1.807, 2.05) is 0 Å². The predicted molar refractivity (Wildman–Crippen MR) is 134 cm³/mol. The van der Waals surface area contributed by atoms with E-state index < -0.39 is 23.6 Å². The van der Waals surface area contributed by atoms with Gasteiger partial charge in [-0.25, -0.2) is 0 Å². The highest BCUT2D eigenvalue weighted by molar-refractivity contribution is 5.82. The van der Waals surface area contributed by atoms with E-state index in [-0.39, 0.29) is 21.7 Å². The molecule has 0 unspecified atom stereocenters. The van der Waals surface area contributed by atoms with E-state index in [9.17, 15) is 20.1 Å². The molecule has 4 heteroatoms. The van der Waals surface area contributed by atoms with Crippen molar-refractivity contribution in [2.45, 2.75) is 112 Å². The molecule has 0 amide bonds. The topological polar surface area (TPSA) is 77.8 Å². The van der Waals surface area contributed by atoms with Gasteiger partial charge in [0.25, 0.3) is 0 Å². The van der Waals surface area contributed by atoms with Crippen molar-refractivity contribution in [1.29, 1.82) is 0 Å². The van der Waals surface area contributed by atoms with E-state index in [0.717, 1.165) is 44.9 Å². The summed E-state index contributed by atoms with van der Waals surface area (Å²) in [7, 11) is 0. The molecule has 0 spiro atoms. The van der Waals surface area contributed by atoms with E-state index >= 15 is 0 Å². The van der Waals surface area contributed by atoms with E-state index in [1.54, 1.807) is 0 Å². The van der Waals surface area contributed by atoms with Crippen LogP contribution in [-0.4, -0.2) is 33.5 Å². The fourth-order valence-corrected chi connectivity index (χ4v) is 10.4. The molecule has 4 nitrogen and oxygen atoms in total. The third-order valence-electron chi connectivity index (χ3n) is 12.7. The van der Waals surface area contributed by atoms with Crippen LogP contribution in [0.3, 0.4) is 0 Å². The van der Waals surface area contributed by atoms with Crippen molar-refractivity contribution < 1.29 is 20.1 Å². The molecular weight excluding hydrogens is 424 g/mol. The number of aliphatic carboxylic acids is 1. The fraction of sp³-hybridized carbons (Fsp3) is 0.833. The van der Waals surface area contributed by atoms with Crippen LogP contribution in [0.4, 0.5) is 0 Å². The van der Waals surface area contributed by atoms with Crippen molar-refractivity contribution in [3.63, 3.8) is 0 Å². The molecule has 3 saturated carbocycles. The molecule has 0 bridgehead atoms. The van der Waals surface area contributed by atoms with Crippen molar-refractivity contribution in [2.24, 2.45) is 44.8 Å². The van der Waals surface area contributed by atoms with Crippen LogP contribution in [0, 0.1) is 44.8 Å². The van der Waals surface area contributed by atoms with Crippen LogP contribution in [-0.2, 0) is 4.79 Å².